The van der Waals surface area contributed by atoms with Crippen LogP contribution >= 0.6 is 0 Å². The van der Waals surface area contributed by atoms with Crippen LogP contribution in [0.2, 0.25) is 0 Å². The van der Waals surface area contributed by atoms with Gasteiger partial charge in [0.15, 0.2) is 0 Å². The van der Waals surface area contributed by atoms with Crippen molar-refractivity contribution in [3.63, 3.8) is 0 Å². The first-order valence-electron chi connectivity index (χ1n) is 6.07. The van der Waals surface area contributed by atoms with E-state index in [1.165, 1.54) is 11.3 Å². The number of hydrogen-bond donors (Lipinski definition) is 1. The third-order valence-corrected chi connectivity index (χ3v) is 2.97. The summed E-state index contributed by atoms with van der Waals surface area (Å²) in [6.45, 7) is 2.83. The number of rotatable bonds is 4. The second-order valence-corrected chi connectivity index (χ2v) is 4.68. The van der Waals surface area contributed by atoms with E-state index in [4.69, 9.17) is 0 Å². The first-order chi connectivity index (χ1) is 8.58. The van der Waals surface area contributed by atoms with Gasteiger partial charge in [-0.05, 0) is 19.1 Å². The minimum Gasteiger partial charge on any atom is -0.379 e. The van der Waals surface area contributed by atoms with Gasteiger partial charge in [0.25, 0.3) is 0 Å². The number of aromatic nitrogens is 2. The number of hydrogen-bond acceptors (Lipinski definition) is 3. The van der Waals surface area contributed by atoms with Crippen molar-refractivity contribution >= 4 is 11.4 Å². The van der Waals surface area contributed by atoms with Gasteiger partial charge in [0.2, 0.25) is 0 Å². The van der Waals surface area contributed by atoms with Crippen molar-refractivity contribution in [3.8, 4) is 0 Å². The molecule has 0 fully saturated rings. The molecule has 0 saturated carbocycles. The molecule has 0 bridgehead atoms. The molecule has 1 aromatic carbocycles. The normalized spacial score (nSPS) is 10.4. The van der Waals surface area contributed by atoms with Gasteiger partial charge in [0.05, 0.1) is 17.1 Å². The van der Waals surface area contributed by atoms with Gasteiger partial charge in [-0.15, -0.1) is 0 Å². The molecule has 96 valence electrons. The Balaban J connectivity index is 2.13. The average molecular weight is 244 g/mol. The zero-order chi connectivity index (χ0) is 13.1. The lowest BCUT2D eigenvalue weighted by molar-refractivity contribution is 0.756. The minimum absolute atomic E-state index is 0.796. The Kier molecular flexibility index (Phi) is 3.55. The zero-order valence-electron chi connectivity index (χ0n) is 11.4. The Hall–Kier alpha value is -1.97. The summed E-state index contributed by atoms with van der Waals surface area (Å²) in [5.74, 6) is 0. The maximum atomic E-state index is 4.35. The van der Waals surface area contributed by atoms with Gasteiger partial charge in [-0.25, -0.2) is 0 Å². The maximum Gasteiger partial charge on any atom is 0.0643 e. The molecule has 0 aliphatic carbocycles. The quantitative estimate of drug-likeness (QED) is 0.896. The molecular formula is C14H20N4. The lowest BCUT2D eigenvalue weighted by atomic mass is 10.2. The van der Waals surface area contributed by atoms with Crippen LogP contribution in [0, 0.1) is 6.92 Å². The SMILES string of the molecule is Cc1nn(C)cc1CNc1ccccc1N(C)C. The van der Waals surface area contributed by atoms with Crippen molar-refractivity contribution in [1.82, 2.24) is 9.78 Å². The summed E-state index contributed by atoms with van der Waals surface area (Å²) in [7, 11) is 6.05. The maximum absolute atomic E-state index is 4.35. The molecule has 0 aliphatic rings. The fourth-order valence-corrected chi connectivity index (χ4v) is 2.03. The highest BCUT2D eigenvalue weighted by molar-refractivity contribution is 5.69. The Morgan fingerprint density at radius 1 is 1.28 bits per heavy atom. The predicted octanol–water partition coefficient (Wildman–Crippen LogP) is 2.41. The van der Waals surface area contributed by atoms with Crippen LogP contribution in [0.4, 0.5) is 11.4 Å². The zero-order valence-corrected chi connectivity index (χ0v) is 11.4. The highest BCUT2D eigenvalue weighted by atomic mass is 15.3. The summed E-state index contributed by atoms with van der Waals surface area (Å²) in [5.41, 5.74) is 4.64. The molecule has 18 heavy (non-hydrogen) atoms. The van der Waals surface area contributed by atoms with Crippen LogP contribution in [-0.4, -0.2) is 23.9 Å². The van der Waals surface area contributed by atoms with Gasteiger partial charge >= 0.3 is 0 Å². The summed E-state index contributed by atoms with van der Waals surface area (Å²) >= 11 is 0. The molecular weight excluding hydrogens is 224 g/mol. The summed E-state index contributed by atoms with van der Waals surface area (Å²) in [4.78, 5) is 2.11. The van der Waals surface area contributed by atoms with Crippen molar-refractivity contribution < 1.29 is 0 Å². The predicted molar refractivity (Wildman–Crippen MR) is 76.0 cm³/mol. The van der Waals surface area contributed by atoms with E-state index >= 15 is 0 Å². The van der Waals surface area contributed by atoms with E-state index in [2.05, 4.69) is 53.8 Å². The molecule has 1 heterocycles. The standard InChI is InChI=1S/C14H20N4/c1-11-12(10-18(4)16-11)9-15-13-7-5-6-8-14(13)17(2)3/h5-8,10,15H,9H2,1-4H3. The molecule has 2 rings (SSSR count). The second kappa shape index (κ2) is 5.12. The van der Waals surface area contributed by atoms with Crippen LogP contribution in [-0.2, 0) is 13.6 Å². The van der Waals surface area contributed by atoms with Crippen molar-refractivity contribution in [2.45, 2.75) is 13.5 Å². The molecule has 4 nitrogen and oxygen atoms in total. The van der Waals surface area contributed by atoms with Gasteiger partial charge in [-0.2, -0.15) is 5.10 Å². The van der Waals surface area contributed by atoms with Gasteiger partial charge in [-0.3, -0.25) is 4.68 Å². The summed E-state index contributed by atoms with van der Waals surface area (Å²) in [6, 6.07) is 8.31. The Bertz CT molecular complexity index is 528. The van der Waals surface area contributed by atoms with Crippen LogP contribution in [0.1, 0.15) is 11.3 Å². The van der Waals surface area contributed by atoms with Crippen molar-refractivity contribution in [3.05, 3.63) is 41.7 Å². The first-order valence-corrected chi connectivity index (χ1v) is 6.07. The highest BCUT2D eigenvalue weighted by Gasteiger charge is 2.06. The number of nitrogens with zero attached hydrogens (tertiary/aromatic N) is 3. The van der Waals surface area contributed by atoms with Gasteiger partial charge < -0.3 is 10.2 Å². The van der Waals surface area contributed by atoms with Crippen LogP contribution in [0.3, 0.4) is 0 Å². The molecule has 0 aliphatic heterocycles. The van der Waals surface area contributed by atoms with E-state index in [0.29, 0.717) is 0 Å². The number of nitrogens with one attached hydrogen (secondary N) is 1. The minimum atomic E-state index is 0.796. The molecule has 0 atom stereocenters. The van der Waals surface area contributed by atoms with E-state index in [0.717, 1.165) is 17.9 Å². The Morgan fingerprint density at radius 3 is 2.61 bits per heavy atom. The number of aryl methyl sites for hydroxylation is 2. The number of para-hydroxylation sites is 2. The third kappa shape index (κ3) is 2.64. The van der Waals surface area contributed by atoms with Crippen LogP contribution in [0.25, 0.3) is 0 Å². The van der Waals surface area contributed by atoms with E-state index in [-0.39, 0.29) is 0 Å². The number of benzene rings is 1. The molecule has 0 amide bonds. The topological polar surface area (TPSA) is 33.1 Å². The van der Waals surface area contributed by atoms with E-state index in [1.807, 2.05) is 24.7 Å². The van der Waals surface area contributed by atoms with Crippen molar-refractivity contribution in [2.24, 2.45) is 7.05 Å². The molecule has 0 spiro atoms. The van der Waals surface area contributed by atoms with E-state index in [1.54, 1.807) is 0 Å². The molecule has 2 aromatic rings. The Labute approximate surface area is 108 Å². The van der Waals surface area contributed by atoms with Gasteiger partial charge in [0, 0.05) is 39.4 Å². The molecule has 1 aromatic heterocycles. The van der Waals surface area contributed by atoms with Crippen LogP contribution in [0.5, 0.6) is 0 Å². The third-order valence-electron chi connectivity index (χ3n) is 2.97. The van der Waals surface area contributed by atoms with Crippen LogP contribution in [0.15, 0.2) is 30.5 Å². The van der Waals surface area contributed by atoms with Gasteiger partial charge in [-0.1, -0.05) is 12.1 Å². The lowest BCUT2D eigenvalue weighted by Crippen LogP contribution is -2.12. The van der Waals surface area contributed by atoms with Crippen LogP contribution < -0.4 is 10.2 Å². The molecule has 4 heteroatoms. The van der Waals surface area contributed by atoms with Crippen molar-refractivity contribution in [2.75, 3.05) is 24.3 Å². The summed E-state index contributed by atoms with van der Waals surface area (Å²) in [6.07, 6.45) is 2.06. The Morgan fingerprint density at radius 2 is 2.00 bits per heavy atom. The fourth-order valence-electron chi connectivity index (χ4n) is 2.03. The molecule has 0 saturated heterocycles. The molecule has 1 N–H and O–H groups in total. The molecule has 0 unspecified atom stereocenters. The largest absolute Gasteiger partial charge is 0.379 e. The number of anilines is 2. The molecule has 0 radical (unpaired) electrons. The smallest absolute Gasteiger partial charge is 0.0643 e. The van der Waals surface area contributed by atoms with E-state index in [9.17, 15) is 0 Å². The van der Waals surface area contributed by atoms with Gasteiger partial charge in [0.1, 0.15) is 0 Å². The monoisotopic (exact) mass is 244 g/mol. The van der Waals surface area contributed by atoms with E-state index < -0.39 is 0 Å². The van der Waals surface area contributed by atoms with Crippen molar-refractivity contribution in [1.29, 1.82) is 0 Å². The lowest BCUT2D eigenvalue weighted by Gasteiger charge is -2.18. The summed E-state index contributed by atoms with van der Waals surface area (Å²) in [5, 5.41) is 7.82. The highest BCUT2D eigenvalue weighted by Crippen LogP contribution is 2.24. The summed E-state index contributed by atoms with van der Waals surface area (Å²) < 4.78 is 1.85. The fraction of sp³-hybridized carbons (Fsp3) is 0.357. The average Bonchev–Trinajstić information content (AvgIpc) is 2.65. The first kappa shape index (κ1) is 12.5. The second-order valence-electron chi connectivity index (χ2n) is 4.68.